The number of ether oxygens (including phenoxy) is 4. The van der Waals surface area contributed by atoms with Crippen LogP contribution >= 0.6 is 15.6 Å². The monoisotopic (exact) mass is 1300 g/mol. The van der Waals surface area contributed by atoms with Gasteiger partial charge in [0.05, 0.1) is 26.4 Å². The third-order valence-electron chi connectivity index (χ3n) is 16.2. The van der Waals surface area contributed by atoms with Crippen LogP contribution in [0.5, 0.6) is 0 Å². The van der Waals surface area contributed by atoms with Gasteiger partial charge in [0.1, 0.15) is 19.3 Å². The van der Waals surface area contributed by atoms with E-state index in [0.717, 1.165) is 114 Å². The van der Waals surface area contributed by atoms with Crippen molar-refractivity contribution in [1.29, 1.82) is 0 Å². The average molecular weight is 1300 g/mol. The van der Waals surface area contributed by atoms with Crippen LogP contribution in [0.15, 0.2) is 0 Å². The molecule has 0 fully saturated rings. The Labute approximate surface area is 537 Å². The Morgan fingerprint density at radius 3 is 0.864 bits per heavy atom. The van der Waals surface area contributed by atoms with Gasteiger partial charge in [-0.15, -0.1) is 0 Å². The number of hydrogen-bond donors (Lipinski definition) is 3. The van der Waals surface area contributed by atoms with Crippen molar-refractivity contribution in [2.75, 3.05) is 39.6 Å². The Morgan fingerprint density at radius 2 is 0.580 bits per heavy atom. The second kappa shape index (κ2) is 60.0. The summed E-state index contributed by atoms with van der Waals surface area (Å²) < 4.78 is 68.2. The summed E-state index contributed by atoms with van der Waals surface area (Å²) in [5.41, 5.74) is 0. The first-order valence-electron chi connectivity index (χ1n) is 35.9. The van der Waals surface area contributed by atoms with Crippen LogP contribution in [0.25, 0.3) is 0 Å². The molecule has 0 radical (unpaired) electrons. The zero-order chi connectivity index (χ0) is 65.2. The van der Waals surface area contributed by atoms with Crippen LogP contribution in [-0.2, 0) is 65.4 Å². The van der Waals surface area contributed by atoms with Crippen LogP contribution in [0.3, 0.4) is 0 Å². The normalized spacial score (nSPS) is 14.5. The van der Waals surface area contributed by atoms with Crippen LogP contribution in [0.4, 0.5) is 0 Å². The maximum Gasteiger partial charge on any atom is 0.472 e. The molecule has 0 aliphatic rings. The fraction of sp³-hybridized carbons (Fsp3) is 0.942. The van der Waals surface area contributed by atoms with Gasteiger partial charge in [-0.1, -0.05) is 292 Å². The Bertz CT molecular complexity index is 1730. The molecule has 0 aliphatic carbocycles. The average Bonchev–Trinajstić information content (AvgIpc) is 3.50. The van der Waals surface area contributed by atoms with E-state index in [1.54, 1.807) is 0 Å². The van der Waals surface area contributed by atoms with Crippen LogP contribution in [0.1, 0.15) is 344 Å². The smallest absolute Gasteiger partial charge is 0.462 e. The molecule has 3 unspecified atom stereocenters. The number of aliphatic hydroxyl groups is 1. The number of carbonyl (C=O) groups is 4. The van der Waals surface area contributed by atoms with E-state index < -0.39 is 97.5 Å². The number of esters is 4. The van der Waals surface area contributed by atoms with Crippen LogP contribution in [0.2, 0.25) is 0 Å². The summed E-state index contributed by atoms with van der Waals surface area (Å²) in [6, 6.07) is 0. The number of carbonyl (C=O) groups excluding carboxylic acids is 4. The minimum atomic E-state index is -4.95. The molecular formula is C69H134O17P2. The quantitative estimate of drug-likeness (QED) is 0.0222. The number of hydrogen-bond acceptors (Lipinski definition) is 15. The van der Waals surface area contributed by atoms with Gasteiger partial charge >= 0.3 is 39.5 Å². The number of phosphoric ester groups is 2. The summed E-state index contributed by atoms with van der Waals surface area (Å²) in [4.78, 5) is 72.5. The molecule has 17 nitrogen and oxygen atoms in total. The van der Waals surface area contributed by atoms with Gasteiger partial charge in [0, 0.05) is 25.7 Å². The van der Waals surface area contributed by atoms with Crippen molar-refractivity contribution in [1.82, 2.24) is 0 Å². The summed E-state index contributed by atoms with van der Waals surface area (Å²) in [5.74, 6) is 0.0634. The van der Waals surface area contributed by atoms with Gasteiger partial charge in [0.2, 0.25) is 0 Å². The summed E-state index contributed by atoms with van der Waals surface area (Å²) in [6.45, 7) is 11.7. The number of rotatable bonds is 67. The lowest BCUT2D eigenvalue weighted by atomic mass is 10.00. The molecule has 0 saturated heterocycles. The molecule has 0 saturated carbocycles. The topological polar surface area (TPSA) is 237 Å². The number of phosphoric acid groups is 2. The van der Waals surface area contributed by atoms with E-state index in [1.807, 2.05) is 0 Å². The van der Waals surface area contributed by atoms with E-state index in [1.165, 1.54) is 148 Å². The van der Waals surface area contributed by atoms with E-state index in [0.29, 0.717) is 25.7 Å². The van der Waals surface area contributed by atoms with Crippen molar-refractivity contribution in [3.63, 3.8) is 0 Å². The lowest BCUT2D eigenvalue weighted by Gasteiger charge is -2.21. The minimum Gasteiger partial charge on any atom is -0.462 e. The highest BCUT2D eigenvalue weighted by atomic mass is 31.2. The maximum absolute atomic E-state index is 13.0. The molecule has 0 aliphatic heterocycles. The largest absolute Gasteiger partial charge is 0.472 e. The van der Waals surface area contributed by atoms with Gasteiger partial charge in [-0.05, 0) is 43.4 Å². The van der Waals surface area contributed by atoms with Gasteiger partial charge in [-0.25, -0.2) is 9.13 Å². The summed E-state index contributed by atoms with van der Waals surface area (Å²) >= 11 is 0. The summed E-state index contributed by atoms with van der Waals surface area (Å²) in [7, 11) is -9.90. The van der Waals surface area contributed by atoms with Crippen molar-refractivity contribution < 1.29 is 80.2 Å². The van der Waals surface area contributed by atoms with Crippen LogP contribution in [-0.4, -0.2) is 96.7 Å². The predicted octanol–water partition coefficient (Wildman–Crippen LogP) is 19.5. The molecule has 0 spiro atoms. The molecule has 0 rings (SSSR count). The summed E-state index contributed by atoms with van der Waals surface area (Å²) in [5, 5.41) is 10.6. The summed E-state index contributed by atoms with van der Waals surface area (Å²) in [6.07, 6.45) is 43.1. The third-order valence-corrected chi connectivity index (χ3v) is 18.1. The molecule has 0 heterocycles. The zero-order valence-corrected chi connectivity index (χ0v) is 59.0. The molecule has 19 heteroatoms. The van der Waals surface area contributed by atoms with Gasteiger partial charge in [-0.2, -0.15) is 0 Å². The SMILES string of the molecule is CCCCCCCCCCCCCCCCCC(=O)O[C@H](COC(=O)CCCCCCCCCCCC(C)C)COP(=O)(O)OC[C@@H](O)COP(=O)(O)OC[C@@H](COC(=O)CCCCCCCCC(C)CC)OC(=O)CCCCCCCCCCC(C)C. The van der Waals surface area contributed by atoms with E-state index in [4.69, 9.17) is 37.0 Å². The molecule has 0 aromatic rings. The van der Waals surface area contributed by atoms with Crippen LogP contribution < -0.4 is 0 Å². The lowest BCUT2D eigenvalue weighted by Crippen LogP contribution is -2.30. The highest BCUT2D eigenvalue weighted by Crippen LogP contribution is 2.45. The maximum atomic E-state index is 13.0. The van der Waals surface area contributed by atoms with Gasteiger partial charge in [-0.3, -0.25) is 37.3 Å². The molecular weight excluding hydrogens is 1160 g/mol. The Balaban J connectivity index is 5.26. The highest BCUT2D eigenvalue weighted by Gasteiger charge is 2.30. The molecule has 0 bridgehead atoms. The standard InChI is InChI=1S/C69H134O17P2/c1-8-10-11-12-13-14-15-16-17-18-19-22-29-38-45-52-68(73)85-64(56-79-66(71)50-43-36-28-23-20-21-26-33-40-47-60(3)4)58-83-87(75,76)81-54-63(70)55-82-88(77,78)84-59-65(57-80-67(72)51-44-37-32-31-35-42-49-62(7)9-2)86-69(74)53-46-39-30-25-24-27-34-41-48-61(5)6/h60-65,70H,8-59H2,1-7H3,(H,75,76)(H,77,78)/t62?,63-,64-,65-/m1/s1. The van der Waals surface area contributed by atoms with Crippen molar-refractivity contribution in [2.24, 2.45) is 17.8 Å². The fourth-order valence-corrected chi connectivity index (χ4v) is 11.9. The first kappa shape index (κ1) is 86.1. The highest BCUT2D eigenvalue weighted by molar-refractivity contribution is 7.47. The number of aliphatic hydroxyl groups excluding tert-OH is 1. The van der Waals surface area contributed by atoms with Crippen molar-refractivity contribution >= 4 is 39.5 Å². The molecule has 0 aromatic heterocycles. The fourth-order valence-electron chi connectivity index (χ4n) is 10.3. The second-order valence-electron chi connectivity index (χ2n) is 26.1. The molecule has 3 N–H and O–H groups in total. The first-order valence-corrected chi connectivity index (χ1v) is 38.9. The van der Waals surface area contributed by atoms with Crippen molar-refractivity contribution in [2.45, 2.75) is 362 Å². The van der Waals surface area contributed by atoms with Crippen LogP contribution in [0, 0.1) is 17.8 Å². The Hall–Kier alpha value is -1.94. The van der Waals surface area contributed by atoms with E-state index in [9.17, 15) is 43.2 Å². The zero-order valence-electron chi connectivity index (χ0n) is 57.2. The van der Waals surface area contributed by atoms with Gasteiger partial charge in [0.25, 0.3) is 0 Å². The molecule has 0 amide bonds. The van der Waals surface area contributed by atoms with Gasteiger partial charge in [0.15, 0.2) is 12.2 Å². The predicted molar refractivity (Wildman–Crippen MR) is 354 cm³/mol. The number of unbranched alkanes of at least 4 members (excludes halogenated alkanes) is 34. The second-order valence-corrected chi connectivity index (χ2v) is 29.0. The first-order chi connectivity index (χ1) is 42.3. The van der Waals surface area contributed by atoms with E-state index in [-0.39, 0.29) is 25.7 Å². The van der Waals surface area contributed by atoms with Gasteiger partial charge < -0.3 is 33.8 Å². The molecule has 522 valence electrons. The Morgan fingerprint density at radius 1 is 0.330 bits per heavy atom. The Kier molecular flexibility index (Phi) is 58.7. The van der Waals surface area contributed by atoms with E-state index in [2.05, 4.69) is 48.5 Å². The minimum absolute atomic E-state index is 0.103. The lowest BCUT2D eigenvalue weighted by molar-refractivity contribution is -0.161. The third kappa shape index (κ3) is 61.6. The van der Waals surface area contributed by atoms with Crippen molar-refractivity contribution in [3.05, 3.63) is 0 Å². The van der Waals surface area contributed by atoms with Crippen molar-refractivity contribution in [3.8, 4) is 0 Å². The molecule has 6 atom stereocenters. The molecule has 0 aromatic carbocycles. The molecule has 88 heavy (non-hydrogen) atoms. The van der Waals surface area contributed by atoms with E-state index >= 15 is 0 Å².